The molecule has 0 saturated carbocycles. The van der Waals surface area contributed by atoms with Crippen LogP contribution in [0.1, 0.15) is 0 Å². The van der Waals surface area contributed by atoms with E-state index >= 15 is 0 Å². The molecule has 0 spiro atoms. The van der Waals surface area contributed by atoms with Crippen LogP contribution in [0.15, 0.2) is 0 Å². The molecule has 0 atom stereocenters. The molecule has 0 aliphatic carbocycles. The minimum atomic E-state index is -4.65. The van der Waals surface area contributed by atoms with Crippen LogP contribution >= 0.6 is 92.8 Å². The predicted octanol–water partition coefficient (Wildman–Crippen LogP) is 5.74. The molecule has 2 nitrogen and oxygen atoms in total. The first-order chi connectivity index (χ1) is 7.49. The molecule has 0 heterocycles. The summed E-state index contributed by atoms with van der Waals surface area (Å²) in [6, 6.07) is 0. The van der Waals surface area contributed by atoms with Crippen LogP contribution in [0.2, 0.25) is 0 Å². The number of halogens is 12. The molecule has 18 heavy (non-hydrogen) atoms. The molecule has 0 saturated heterocycles. The largest absolute Gasteiger partial charge is 0.401 e. The second kappa shape index (κ2) is 5.99. The summed E-state index contributed by atoms with van der Waals surface area (Å²) in [6.45, 7) is 0. The molecular formula is C4Cl8F4N2. The summed E-state index contributed by atoms with van der Waals surface area (Å²) in [5.41, 5.74) is -9.29. The van der Waals surface area contributed by atoms with Gasteiger partial charge in [-0.05, 0) is 23.2 Å². The van der Waals surface area contributed by atoms with E-state index in [-0.39, 0.29) is 0 Å². The molecule has 0 aromatic heterocycles. The molecule has 0 fully saturated rings. The third-order valence-electron chi connectivity index (χ3n) is 1.16. The number of alkyl halides is 12. The van der Waals surface area contributed by atoms with E-state index in [0.717, 1.165) is 0 Å². The molecule has 110 valence electrons. The Morgan fingerprint density at radius 3 is 0.722 bits per heavy atom. The van der Waals surface area contributed by atoms with Gasteiger partial charge in [-0.1, -0.05) is 69.6 Å². The Bertz CT molecular complexity index is 231. The van der Waals surface area contributed by atoms with Crippen molar-refractivity contribution in [2.45, 2.75) is 18.8 Å². The van der Waals surface area contributed by atoms with E-state index in [1.54, 1.807) is 0 Å². The van der Waals surface area contributed by atoms with Gasteiger partial charge in [-0.3, -0.25) is 0 Å². The van der Waals surface area contributed by atoms with Crippen molar-refractivity contribution in [3.63, 3.8) is 0 Å². The number of hydrogen-bond acceptors (Lipinski definition) is 2. The first-order valence-corrected chi connectivity index (χ1v) is 6.39. The van der Waals surface area contributed by atoms with Crippen molar-refractivity contribution in [3.8, 4) is 0 Å². The summed E-state index contributed by atoms with van der Waals surface area (Å²) >= 11 is 39.5. The molecule has 0 amide bonds. The van der Waals surface area contributed by atoms with Gasteiger partial charge >= 0.3 is 11.0 Å². The van der Waals surface area contributed by atoms with Crippen LogP contribution in [0.4, 0.5) is 17.6 Å². The van der Waals surface area contributed by atoms with Gasteiger partial charge in [0.05, 0.1) is 0 Å². The van der Waals surface area contributed by atoms with E-state index in [4.69, 9.17) is 69.6 Å². The maximum Gasteiger partial charge on any atom is 0.401 e. The summed E-state index contributed by atoms with van der Waals surface area (Å²) < 4.78 is 45.7. The molecular weight excluding hydrogens is 436 g/mol. The molecule has 0 aromatic rings. The highest BCUT2D eigenvalue weighted by Crippen LogP contribution is 2.51. The lowest BCUT2D eigenvalue weighted by atomic mass is 10.9. The third kappa shape index (κ3) is 5.76. The number of hydrazine groups is 1. The van der Waals surface area contributed by atoms with Gasteiger partial charge in [0.2, 0.25) is 0 Å². The third-order valence-corrected chi connectivity index (χ3v) is 2.44. The summed E-state index contributed by atoms with van der Waals surface area (Å²) in [4.78, 5) is 0. The van der Waals surface area contributed by atoms with Crippen molar-refractivity contribution in [1.82, 2.24) is 10.0 Å². The lowest BCUT2D eigenvalue weighted by molar-refractivity contribution is -0.273. The van der Waals surface area contributed by atoms with Crippen molar-refractivity contribution >= 4 is 92.8 Å². The van der Waals surface area contributed by atoms with E-state index < -0.39 is 28.9 Å². The van der Waals surface area contributed by atoms with Gasteiger partial charge in [0.1, 0.15) is 0 Å². The topological polar surface area (TPSA) is 6.48 Å². The van der Waals surface area contributed by atoms with Crippen molar-refractivity contribution in [3.05, 3.63) is 0 Å². The molecule has 0 bridgehead atoms. The molecule has 14 heteroatoms. The van der Waals surface area contributed by atoms with Crippen molar-refractivity contribution < 1.29 is 17.6 Å². The first kappa shape index (κ1) is 20.0. The molecule has 0 rings (SSSR count). The molecule has 0 aliphatic heterocycles. The fraction of sp³-hybridized carbons (Fsp3) is 1.00. The standard InChI is InChI=1S/C4Cl8F4N2/c5-1(6,7)17(3(11,13)14)18(2(8,9)10)4(12,15)16. The highest BCUT2D eigenvalue weighted by molar-refractivity contribution is 6.68. The smallest absolute Gasteiger partial charge is 0.170 e. The van der Waals surface area contributed by atoms with Crippen molar-refractivity contribution in [2.24, 2.45) is 0 Å². The highest BCUT2D eigenvalue weighted by atomic mass is 35.6. The minimum Gasteiger partial charge on any atom is -0.170 e. The quantitative estimate of drug-likeness (QED) is 0.241. The van der Waals surface area contributed by atoms with Crippen LogP contribution in [-0.4, -0.2) is 28.9 Å². The van der Waals surface area contributed by atoms with E-state index in [1.165, 1.54) is 0 Å². The van der Waals surface area contributed by atoms with E-state index in [1.807, 2.05) is 0 Å². The van der Waals surface area contributed by atoms with Crippen LogP contribution in [-0.2, 0) is 0 Å². The molecule has 0 aliphatic rings. The summed E-state index contributed by atoms with van der Waals surface area (Å²) in [5, 5.41) is -2.02. The van der Waals surface area contributed by atoms with Crippen LogP contribution in [0, 0.1) is 0 Å². The summed E-state index contributed by atoms with van der Waals surface area (Å²) in [5.74, 6) is 0. The second-order valence-corrected chi connectivity index (χ2v) is 7.85. The normalized spacial score (nSPS) is 15.7. The van der Waals surface area contributed by atoms with Gasteiger partial charge in [0.25, 0.3) is 7.83 Å². The zero-order valence-electron chi connectivity index (χ0n) is 7.43. The Kier molecular flexibility index (Phi) is 6.64. The average Bonchev–Trinajstić information content (AvgIpc) is 1.89. The summed E-state index contributed by atoms with van der Waals surface area (Å²) in [6.07, 6.45) is 0. The minimum absolute atomic E-state index is 1.01. The lowest BCUT2D eigenvalue weighted by Gasteiger charge is -2.44. The Morgan fingerprint density at radius 1 is 0.500 bits per heavy atom. The fourth-order valence-electron chi connectivity index (χ4n) is 0.741. The predicted molar refractivity (Wildman–Crippen MR) is 65.9 cm³/mol. The van der Waals surface area contributed by atoms with Gasteiger partial charge in [-0.15, -0.1) is 10.0 Å². The Labute approximate surface area is 138 Å². The number of nitrogens with zero attached hydrogens (tertiary/aromatic N) is 2. The summed E-state index contributed by atoms with van der Waals surface area (Å²) in [7, 11) is 0. The fourth-order valence-corrected chi connectivity index (χ4v) is 2.50. The van der Waals surface area contributed by atoms with Crippen LogP contribution in [0.3, 0.4) is 0 Å². The van der Waals surface area contributed by atoms with E-state index in [0.29, 0.717) is 0 Å². The van der Waals surface area contributed by atoms with Crippen LogP contribution in [0.25, 0.3) is 0 Å². The molecule has 0 aromatic carbocycles. The first-order valence-electron chi connectivity index (χ1n) is 3.36. The van der Waals surface area contributed by atoms with E-state index in [9.17, 15) is 17.6 Å². The Balaban J connectivity index is 5.84. The number of hydrogen-bond donors (Lipinski definition) is 0. The molecule has 0 radical (unpaired) electrons. The highest BCUT2D eigenvalue weighted by Gasteiger charge is 2.62. The van der Waals surface area contributed by atoms with E-state index in [2.05, 4.69) is 23.2 Å². The Hall–Kier alpha value is 1.96. The maximum atomic E-state index is 13.0. The van der Waals surface area contributed by atoms with Gasteiger partial charge in [0, 0.05) is 0 Å². The Morgan fingerprint density at radius 2 is 0.667 bits per heavy atom. The van der Waals surface area contributed by atoms with Crippen molar-refractivity contribution in [1.29, 1.82) is 0 Å². The average molecular weight is 436 g/mol. The molecule has 0 N–H and O–H groups in total. The zero-order chi connectivity index (χ0) is 15.2. The van der Waals surface area contributed by atoms with Gasteiger partial charge < -0.3 is 0 Å². The van der Waals surface area contributed by atoms with Crippen LogP contribution < -0.4 is 0 Å². The maximum absolute atomic E-state index is 13.0. The number of rotatable bonds is 3. The van der Waals surface area contributed by atoms with Gasteiger partial charge in [-0.2, -0.15) is 17.6 Å². The van der Waals surface area contributed by atoms with Crippen LogP contribution in [0.5, 0.6) is 0 Å². The second-order valence-electron chi connectivity index (χ2n) is 2.49. The lowest BCUT2D eigenvalue weighted by Crippen LogP contribution is -2.64. The zero-order valence-corrected chi connectivity index (χ0v) is 13.5. The SMILES string of the molecule is FC(F)(Cl)N(N(C(F)(F)Cl)C(Cl)(Cl)Cl)C(Cl)(Cl)Cl. The monoisotopic (exact) mass is 432 g/mol. The van der Waals surface area contributed by atoms with Crippen molar-refractivity contribution in [2.75, 3.05) is 0 Å². The molecule has 0 unspecified atom stereocenters. The van der Waals surface area contributed by atoms with Gasteiger partial charge in [0.15, 0.2) is 0 Å². The van der Waals surface area contributed by atoms with Gasteiger partial charge in [-0.25, -0.2) is 0 Å².